The fraction of sp³-hybridized carbons (Fsp3) is 0.692. The zero-order valence-electron chi connectivity index (χ0n) is 11.6. The molecule has 0 radical (unpaired) electrons. The molecule has 0 amide bonds. The topological polar surface area (TPSA) is 49.8 Å². The summed E-state index contributed by atoms with van der Waals surface area (Å²) in [4.78, 5) is 8.66. The van der Waals surface area contributed by atoms with Crippen molar-refractivity contribution in [2.75, 3.05) is 17.2 Å². The van der Waals surface area contributed by atoms with Gasteiger partial charge in [-0.2, -0.15) is 0 Å². The van der Waals surface area contributed by atoms with E-state index in [2.05, 4.69) is 55.2 Å². The van der Waals surface area contributed by atoms with Crippen molar-refractivity contribution in [1.29, 1.82) is 0 Å². The summed E-state index contributed by atoms with van der Waals surface area (Å²) in [6, 6.07) is 0. The van der Waals surface area contributed by atoms with Gasteiger partial charge in [0.15, 0.2) is 0 Å². The number of aromatic nitrogens is 2. The molecule has 2 N–H and O–H groups in total. The molecule has 1 aromatic heterocycles. The van der Waals surface area contributed by atoms with E-state index in [0.717, 1.165) is 36.6 Å². The molecule has 1 aromatic rings. The van der Waals surface area contributed by atoms with E-state index in [4.69, 9.17) is 0 Å². The third kappa shape index (κ3) is 3.58. The van der Waals surface area contributed by atoms with Gasteiger partial charge >= 0.3 is 0 Å². The quantitative estimate of drug-likeness (QED) is 0.797. The predicted molar refractivity (Wildman–Crippen MR) is 73.6 cm³/mol. The van der Waals surface area contributed by atoms with Gasteiger partial charge in [0.25, 0.3) is 0 Å². The lowest BCUT2D eigenvalue weighted by Crippen LogP contribution is -2.31. The lowest BCUT2D eigenvalue weighted by atomic mass is 10.0. The van der Waals surface area contributed by atoms with Crippen LogP contribution in [0.4, 0.5) is 11.6 Å². The van der Waals surface area contributed by atoms with Gasteiger partial charge in [-0.3, -0.25) is 0 Å². The van der Waals surface area contributed by atoms with Gasteiger partial charge in [-0.1, -0.05) is 13.8 Å². The second-order valence-electron chi connectivity index (χ2n) is 4.80. The lowest BCUT2D eigenvalue weighted by molar-refractivity contribution is 0.544. The summed E-state index contributed by atoms with van der Waals surface area (Å²) in [5.41, 5.74) is 1.22. The molecule has 1 rings (SSSR count). The monoisotopic (exact) mass is 236 g/mol. The summed E-state index contributed by atoms with van der Waals surface area (Å²) in [6.07, 6.45) is 3.59. The summed E-state index contributed by atoms with van der Waals surface area (Å²) < 4.78 is 0. The first-order valence-corrected chi connectivity index (χ1v) is 6.40. The van der Waals surface area contributed by atoms with E-state index in [9.17, 15) is 0 Å². The summed E-state index contributed by atoms with van der Waals surface area (Å²) in [5.74, 6) is 1.89. The van der Waals surface area contributed by atoms with Crippen molar-refractivity contribution in [2.24, 2.45) is 0 Å². The first-order valence-electron chi connectivity index (χ1n) is 6.40. The molecule has 0 bridgehead atoms. The molecule has 96 valence electrons. The Balaban J connectivity index is 3.02. The zero-order valence-corrected chi connectivity index (χ0v) is 11.6. The Kier molecular flexibility index (Phi) is 4.73. The molecule has 0 atom stereocenters. The molecule has 0 spiro atoms. The Hall–Kier alpha value is -1.32. The van der Waals surface area contributed by atoms with Gasteiger partial charge < -0.3 is 10.6 Å². The molecule has 0 aliphatic carbocycles. The van der Waals surface area contributed by atoms with Gasteiger partial charge in [0.1, 0.15) is 18.0 Å². The van der Waals surface area contributed by atoms with Crippen LogP contribution in [0.2, 0.25) is 0 Å². The van der Waals surface area contributed by atoms with Gasteiger partial charge in [-0.15, -0.1) is 0 Å². The molecule has 0 fully saturated rings. The minimum Gasteiger partial charge on any atom is -0.370 e. The first kappa shape index (κ1) is 13.7. The van der Waals surface area contributed by atoms with E-state index in [1.807, 2.05) is 0 Å². The lowest BCUT2D eigenvalue weighted by Gasteiger charge is -2.26. The number of hydrogen-bond acceptors (Lipinski definition) is 4. The molecule has 1 heterocycles. The highest BCUT2D eigenvalue weighted by Crippen LogP contribution is 2.24. The van der Waals surface area contributed by atoms with Crippen molar-refractivity contribution in [1.82, 2.24) is 9.97 Å². The fourth-order valence-corrected chi connectivity index (χ4v) is 1.58. The molecule has 0 unspecified atom stereocenters. The summed E-state index contributed by atoms with van der Waals surface area (Å²) in [7, 11) is 0. The second-order valence-corrected chi connectivity index (χ2v) is 4.80. The van der Waals surface area contributed by atoms with Gasteiger partial charge in [0, 0.05) is 17.6 Å². The number of hydrogen-bond donors (Lipinski definition) is 2. The largest absolute Gasteiger partial charge is 0.370 e. The zero-order chi connectivity index (χ0) is 12.9. The Morgan fingerprint density at radius 3 is 2.29 bits per heavy atom. The van der Waals surface area contributed by atoms with Crippen LogP contribution in [0.3, 0.4) is 0 Å². The van der Waals surface area contributed by atoms with E-state index in [-0.39, 0.29) is 5.54 Å². The highest BCUT2D eigenvalue weighted by molar-refractivity contribution is 5.58. The predicted octanol–water partition coefficient (Wildman–Crippen LogP) is 3.07. The highest BCUT2D eigenvalue weighted by Gasteiger charge is 2.18. The number of anilines is 2. The third-order valence-corrected chi connectivity index (χ3v) is 2.98. The molecule has 17 heavy (non-hydrogen) atoms. The molecule has 0 saturated heterocycles. The van der Waals surface area contributed by atoms with E-state index in [0.29, 0.717) is 0 Å². The second kappa shape index (κ2) is 5.84. The molecule has 0 aliphatic heterocycles. The van der Waals surface area contributed by atoms with Crippen LogP contribution >= 0.6 is 0 Å². The van der Waals surface area contributed by atoms with Crippen molar-refractivity contribution in [3.05, 3.63) is 11.9 Å². The van der Waals surface area contributed by atoms with Crippen LogP contribution in [0, 0.1) is 0 Å². The van der Waals surface area contributed by atoms with E-state index < -0.39 is 0 Å². The van der Waals surface area contributed by atoms with Crippen molar-refractivity contribution in [2.45, 2.75) is 53.0 Å². The average Bonchev–Trinajstić information content (AvgIpc) is 2.29. The summed E-state index contributed by atoms with van der Waals surface area (Å²) >= 11 is 0. The number of nitrogens with one attached hydrogen (secondary N) is 2. The van der Waals surface area contributed by atoms with Gasteiger partial charge in [0.05, 0.1) is 0 Å². The smallest absolute Gasteiger partial charge is 0.135 e. The van der Waals surface area contributed by atoms with Crippen molar-refractivity contribution in [3.63, 3.8) is 0 Å². The van der Waals surface area contributed by atoms with Gasteiger partial charge in [-0.05, 0) is 33.6 Å². The molecule has 4 heteroatoms. The third-order valence-electron chi connectivity index (χ3n) is 2.98. The molecular formula is C13H24N4. The Labute approximate surface area is 104 Å². The van der Waals surface area contributed by atoms with Crippen molar-refractivity contribution >= 4 is 11.6 Å². The van der Waals surface area contributed by atoms with Gasteiger partial charge in [-0.25, -0.2) is 9.97 Å². The minimum atomic E-state index is 0.0573. The van der Waals surface area contributed by atoms with Crippen LogP contribution in [0.5, 0.6) is 0 Å². The van der Waals surface area contributed by atoms with Crippen LogP contribution in [-0.2, 0) is 6.42 Å². The fourth-order valence-electron chi connectivity index (χ4n) is 1.58. The maximum absolute atomic E-state index is 4.36. The van der Waals surface area contributed by atoms with Crippen LogP contribution < -0.4 is 10.6 Å². The van der Waals surface area contributed by atoms with E-state index in [1.54, 1.807) is 6.33 Å². The maximum atomic E-state index is 4.36. The number of nitrogens with zero attached hydrogens (tertiary/aromatic N) is 2. The average molecular weight is 236 g/mol. The summed E-state index contributed by atoms with van der Waals surface area (Å²) in [5, 5.41) is 6.78. The molecule has 0 saturated carbocycles. The van der Waals surface area contributed by atoms with Crippen LogP contribution in [-0.4, -0.2) is 22.1 Å². The van der Waals surface area contributed by atoms with Crippen LogP contribution in [0.25, 0.3) is 0 Å². The standard InChI is InChI=1S/C13H24N4/c1-6-10-11(14-8-3)15-9-16-12(10)17-13(4,5)7-2/h9H,6-8H2,1-5H3,(H2,14,15,16,17). The number of rotatable bonds is 6. The molecule has 4 nitrogen and oxygen atoms in total. The van der Waals surface area contributed by atoms with Crippen LogP contribution in [0.1, 0.15) is 46.6 Å². The van der Waals surface area contributed by atoms with E-state index in [1.165, 1.54) is 0 Å². The SMILES string of the molecule is CCNc1ncnc(NC(C)(C)CC)c1CC. The maximum Gasteiger partial charge on any atom is 0.135 e. The Bertz CT molecular complexity index is 360. The van der Waals surface area contributed by atoms with Crippen LogP contribution in [0.15, 0.2) is 6.33 Å². The van der Waals surface area contributed by atoms with Gasteiger partial charge in [0.2, 0.25) is 0 Å². The first-order chi connectivity index (χ1) is 8.04. The highest BCUT2D eigenvalue weighted by atomic mass is 15.1. The van der Waals surface area contributed by atoms with Crippen molar-refractivity contribution in [3.8, 4) is 0 Å². The Morgan fingerprint density at radius 2 is 1.76 bits per heavy atom. The molecular weight excluding hydrogens is 212 g/mol. The van der Waals surface area contributed by atoms with Crippen molar-refractivity contribution < 1.29 is 0 Å². The minimum absolute atomic E-state index is 0.0573. The molecule has 0 aliphatic rings. The Morgan fingerprint density at radius 1 is 1.12 bits per heavy atom. The molecule has 0 aromatic carbocycles. The normalized spacial score (nSPS) is 11.4. The van der Waals surface area contributed by atoms with E-state index >= 15 is 0 Å². The summed E-state index contributed by atoms with van der Waals surface area (Å²) in [6.45, 7) is 11.6.